The number of anilines is 2. The molecule has 1 aliphatic carbocycles. The summed E-state index contributed by atoms with van der Waals surface area (Å²) in [7, 11) is 1.81. The number of ether oxygens (including phenoxy) is 1. The Balaban J connectivity index is 1.58. The van der Waals surface area contributed by atoms with Gasteiger partial charge in [0.1, 0.15) is 11.6 Å². The molecule has 1 saturated carbocycles. The maximum Gasteiger partial charge on any atom is 0.451 e. The molecule has 4 rings (SSSR count). The predicted molar refractivity (Wildman–Crippen MR) is 113 cm³/mol. The smallest absolute Gasteiger partial charge is 0.371 e. The van der Waals surface area contributed by atoms with Crippen LogP contribution in [0.25, 0.3) is 0 Å². The van der Waals surface area contributed by atoms with Gasteiger partial charge < -0.3 is 19.9 Å². The van der Waals surface area contributed by atoms with Crippen LogP contribution in [0.5, 0.6) is 0 Å². The van der Waals surface area contributed by atoms with Crippen LogP contribution in [0.3, 0.4) is 0 Å². The Morgan fingerprint density at radius 2 is 2.10 bits per heavy atom. The topological polar surface area (TPSA) is 53.5 Å². The normalized spacial score (nSPS) is 24.8. The van der Waals surface area contributed by atoms with E-state index < -0.39 is 12.0 Å². The fraction of sp³-hybridized carbons (Fsp3) is 0.800. The number of alkyl halides is 3. The first-order valence-corrected chi connectivity index (χ1v) is 11.8. The Kier molecular flexibility index (Phi) is 6.64. The van der Waals surface area contributed by atoms with E-state index in [0.29, 0.717) is 43.1 Å². The van der Waals surface area contributed by atoms with Crippen molar-refractivity contribution in [2.45, 2.75) is 49.1 Å². The van der Waals surface area contributed by atoms with Crippen molar-refractivity contribution in [1.82, 2.24) is 15.3 Å². The van der Waals surface area contributed by atoms with E-state index in [1.165, 1.54) is 6.42 Å². The van der Waals surface area contributed by atoms with Crippen LogP contribution in [-0.2, 0) is 10.9 Å². The maximum absolute atomic E-state index is 13.6. The Hall–Kier alpha value is -1.26. The summed E-state index contributed by atoms with van der Waals surface area (Å²) in [5.41, 5.74) is -0.254. The van der Waals surface area contributed by atoms with Crippen LogP contribution in [0.1, 0.15) is 37.9 Å². The van der Waals surface area contributed by atoms with Gasteiger partial charge in [-0.25, -0.2) is 9.97 Å². The third-order valence-electron chi connectivity index (χ3n) is 6.16. The first-order chi connectivity index (χ1) is 14.3. The molecule has 168 valence electrons. The number of morpholine rings is 1. The summed E-state index contributed by atoms with van der Waals surface area (Å²) < 4.78 is 46.9. The fourth-order valence-corrected chi connectivity index (χ4v) is 5.74. The van der Waals surface area contributed by atoms with Crippen molar-refractivity contribution in [1.29, 1.82) is 0 Å². The van der Waals surface area contributed by atoms with Crippen molar-refractivity contribution in [2.75, 3.05) is 61.9 Å². The molecule has 2 aliphatic heterocycles. The Morgan fingerprint density at radius 1 is 1.30 bits per heavy atom. The molecule has 10 heteroatoms. The molecule has 1 unspecified atom stereocenters. The van der Waals surface area contributed by atoms with Crippen LogP contribution in [0.2, 0.25) is 0 Å². The lowest BCUT2D eigenvalue weighted by atomic mass is 9.83. The summed E-state index contributed by atoms with van der Waals surface area (Å²) in [6.45, 7) is 4.11. The van der Waals surface area contributed by atoms with Gasteiger partial charge >= 0.3 is 6.18 Å². The SMILES string of the molecule is CN(CC1CNCCS1)c1cc(N2CCOC3(CCCCC3)C2)nc(C(F)(F)F)n1. The van der Waals surface area contributed by atoms with Crippen molar-refractivity contribution in [3.05, 3.63) is 11.9 Å². The van der Waals surface area contributed by atoms with Crippen LogP contribution in [0.15, 0.2) is 6.07 Å². The zero-order valence-electron chi connectivity index (χ0n) is 17.4. The fourth-order valence-electron chi connectivity index (χ4n) is 4.58. The number of hydrogen-bond donors (Lipinski definition) is 1. The number of hydrogen-bond acceptors (Lipinski definition) is 7. The lowest BCUT2D eigenvalue weighted by molar-refractivity contribution is -0.144. The van der Waals surface area contributed by atoms with Gasteiger partial charge in [-0.2, -0.15) is 24.9 Å². The number of thioether (sulfide) groups is 1. The number of rotatable bonds is 4. The summed E-state index contributed by atoms with van der Waals surface area (Å²) in [6.07, 6.45) is 0.735. The van der Waals surface area contributed by atoms with Gasteiger partial charge in [0.05, 0.1) is 12.2 Å². The predicted octanol–water partition coefficient (Wildman–Crippen LogP) is 3.18. The molecule has 3 fully saturated rings. The molecule has 1 atom stereocenters. The van der Waals surface area contributed by atoms with Gasteiger partial charge in [-0.05, 0) is 12.8 Å². The van der Waals surface area contributed by atoms with E-state index in [9.17, 15) is 13.2 Å². The van der Waals surface area contributed by atoms with E-state index in [-0.39, 0.29) is 5.60 Å². The molecule has 0 amide bonds. The second-order valence-electron chi connectivity index (χ2n) is 8.50. The van der Waals surface area contributed by atoms with Gasteiger partial charge in [0.15, 0.2) is 0 Å². The molecule has 30 heavy (non-hydrogen) atoms. The molecule has 2 saturated heterocycles. The van der Waals surface area contributed by atoms with Crippen LogP contribution in [0.4, 0.5) is 24.8 Å². The van der Waals surface area contributed by atoms with Crippen molar-refractivity contribution < 1.29 is 17.9 Å². The first-order valence-electron chi connectivity index (χ1n) is 10.7. The van der Waals surface area contributed by atoms with E-state index in [2.05, 4.69) is 15.3 Å². The highest BCUT2D eigenvalue weighted by molar-refractivity contribution is 8.00. The molecule has 0 radical (unpaired) electrons. The van der Waals surface area contributed by atoms with Crippen LogP contribution < -0.4 is 15.1 Å². The number of halogens is 3. The minimum absolute atomic E-state index is 0.254. The third-order valence-corrected chi connectivity index (χ3v) is 7.39. The Bertz CT molecular complexity index is 717. The second kappa shape index (κ2) is 9.08. The van der Waals surface area contributed by atoms with Gasteiger partial charge in [-0.3, -0.25) is 0 Å². The average Bonchev–Trinajstić information content (AvgIpc) is 2.74. The Morgan fingerprint density at radius 3 is 2.80 bits per heavy atom. The third kappa shape index (κ3) is 5.13. The average molecular weight is 446 g/mol. The minimum atomic E-state index is -4.58. The highest BCUT2D eigenvalue weighted by Gasteiger charge is 2.40. The monoisotopic (exact) mass is 445 g/mol. The summed E-state index contributed by atoms with van der Waals surface area (Å²) >= 11 is 1.85. The van der Waals surface area contributed by atoms with Gasteiger partial charge in [-0.15, -0.1) is 0 Å². The van der Waals surface area contributed by atoms with Crippen molar-refractivity contribution in [3.63, 3.8) is 0 Å². The number of nitrogens with zero attached hydrogens (tertiary/aromatic N) is 4. The van der Waals surface area contributed by atoms with Crippen molar-refractivity contribution >= 4 is 23.4 Å². The van der Waals surface area contributed by atoms with E-state index in [4.69, 9.17) is 4.74 Å². The highest BCUT2D eigenvalue weighted by atomic mass is 32.2. The van der Waals surface area contributed by atoms with Gasteiger partial charge in [0, 0.05) is 56.8 Å². The Labute approximate surface area is 179 Å². The summed E-state index contributed by atoms with van der Waals surface area (Å²) in [4.78, 5) is 11.6. The quantitative estimate of drug-likeness (QED) is 0.764. The van der Waals surface area contributed by atoms with Crippen LogP contribution in [0, 0.1) is 0 Å². The largest absolute Gasteiger partial charge is 0.451 e. The molecule has 1 aromatic heterocycles. The van der Waals surface area contributed by atoms with Gasteiger partial charge in [-0.1, -0.05) is 19.3 Å². The molecule has 3 heterocycles. The zero-order valence-corrected chi connectivity index (χ0v) is 18.2. The molecular weight excluding hydrogens is 415 g/mol. The van der Waals surface area contributed by atoms with Crippen molar-refractivity contribution in [2.24, 2.45) is 0 Å². The molecular formula is C20H30F3N5OS. The van der Waals surface area contributed by atoms with E-state index in [1.807, 2.05) is 28.6 Å². The first kappa shape index (κ1) is 22.0. The van der Waals surface area contributed by atoms with Crippen LogP contribution in [-0.4, -0.2) is 73.0 Å². The van der Waals surface area contributed by atoms with Crippen LogP contribution >= 0.6 is 11.8 Å². The van der Waals surface area contributed by atoms with E-state index >= 15 is 0 Å². The second-order valence-corrected chi connectivity index (χ2v) is 9.91. The molecule has 3 aliphatic rings. The van der Waals surface area contributed by atoms with E-state index in [1.54, 1.807) is 6.07 Å². The standard InChI is InChI=1S/C20H30F3N5OS/c1-27(13-15-12-24-7-10-30-15)16-11-17(26-18(25-16)20(21,22)23)28-8-9-29-19(14-28)5-3-2-4-6-19/h11,15,24H,2-10,12-14H2,1H3. The van der Waals surface area contributed by atoms with Gasteiger partial charge in [0.25, 0.3) is 0 Å². The van der Waals surface area contributed by atoms with Crippen molar-refractivity contribution in [3.8, 4) is 0 Å². The lowest BCUT2D eigenvalue weighted by Gasteiger charge is -2.45. The molecule has 1 aromatic rings. The summed E-state index contributed by atoms with van der Waals surface area (Å²) in [6, 6.07) is 1.71. The summed E-state index contributed by atoms with van der Waals surface area (Å²) in [5, 5.41) is 3.67. The lowest BCUT2D eigenvalue weighted by Crippen LogP contribution is -2.53. The minimum Gasteiger partial charge on any atom is -0.371 e. The van der Waals surface area contributed by atoms with Gasteiger partial charge in [0.2, 0.25) is 5.82 Å². The molecule has 1 spiro atoms. The summed E-state index contributed by atoms with van der Waals surface area (Å²) in [5.74, 6) is 0.613. The molecule has 0 bridgehead atoms. The molecule has 6 nitrogen and oxygen atoms in total. The highest BCUT2D eigenvalue weighted by Crippen LogP contribution is 2.37. The zero-order chi connectivity index (χ0) is 21.2. The molecule has 0 aromatic carbocycles. The number of nitrogens with one attached hydrogen (secondary N) is 1. The maximum atomic E-state index is 13.6. The van der Waals surface area contributed by atoms with E-state index in [0.717, 1.165) is 44.5 Å². The molecule has 1 N–H and O–H groups in total. The number of aromatic nitrogens is 2.